The highest BCUT2D eigenvalue weighted by molar-refractivity contribution is 6.11. The van der Waals surface area contributed by atoms with Gasteiger partial charge in [-0.05, 0) is 63.7 Å². The molecule has 0 aliphatic heterocycles. The molecule has 2 heterocycles. The van der Waals surface area contributed by atoms with E-state index in [-0.39, 0.29) is 5.41 Å². The third-order valence-corrected chi connectivity index (χ3v) is 10.6. The molecule has 0 atom stereocenters. The first-order valence-corrected chi connectivity index (χ1v) is 17.8. The molecule has 0 amide bonds. The molecule has 0 saturated carbocycles. The van der Waals surface area contributed by atoms with Crippen LogP contribution in [-0.4, -0.2) is 19.5 Å². The Morgan fingerprint density at radius 3 is 1.56 bits per heavy atom. The smallest absolute Gasteiger partial charge is 0.164 e. The minimum atomic E-state index is -0.201. The van der Waals surface area contributed by atoms with Crippen LogP contribution in [-0.2, 0) is 5.41 Å². The van der Waals surface area contributed by atoms with Crippen LogP contribution in [0, 0.1) is 0 Å². The standard InChI is InChI=1S/C48H34N4/c1-48(2)41-29-40-37-21-12-13-24-42(37)52(35-19-10-5-11-20-35)43(40)30-39(41)38-23-14-22-36(44(38)48)31-25-27-34(28-26-31)47-50-45(32-15-6-3-7-16-32)49-46(51-47)33-17-8-4-9-18-33/h3-30H,1-2H3. The maximum Gasteiger partial charge on any atom is 0.164 e. The van der Waals surface area contributed by atoms with Gasteiger partial charge in [-0.3, -0.25) is 0 Å². The minimum absolute atomic E-state index is 0.201. The van der Waals surface area contributed by atoms with Crippen LogP contribution in [0.3, 0.4) is 0 Å². The monoisotopic (exact) mass is 666 g/mol. The molecule has 0 saturated heterocycles. The Kier molecular flexibility index (Phi) is 6.80. The van der Waals surface area contributed by atoms with Gasteiger partial charge in [0.05, 0.1) is 11.0 Å². The molecule has 7 aromatic carbocycles. The van der Waals surface area contributed by atoms with Crippen molar-refractivity contribution in [2.24, 2.45) is 0 Å². The molecule has 0 radical (unpaired) electrons. The summed E-state index contributed by atoms with van der Waals surface area (Å²) >= 11 is 0. The van der Waals surface area contributed by atoms with Crippen LogP contribution >= 0.6 is 0 Å². The summed E-state index contributed by atoms with van der Waals surface area (Å²) in [6.07, 6.45) is 0. The van der Waals surface area contributed by atoms with E-state index in [0.717, 1.165) is 16.7 Å². The third-order valence-electron chi connectivity index (χ3n) is 10.6. The van der Waals surface area contributed by atoms with E-state index in [0.29, 0.717) is 17.5 Å². The van der Waals surface area contributed by atoms with Gasteiger partial charge in [-0.15, -0.1) is 0 Å². The lowest BCUT2D eigenvalue weighted by molar-refractivity contribution is 0.663. The molecule has 1 aliphatic carbocycles. The van der Waals surface area contributed by atoms with Crippen LogP contribution in [0.4, 0.5) is 0 Å². The van der Waals surface area contributed by atoms with Crippen molar-refractivity contribution < 1.29 is 0 Å². The van der Waals surface area contributed by atoms with Crippen molar-refractivity contribution in [3.8, 4) is 62.1 Å². The first-order valence-electron chi connectivity index (χ1n) is 17.8. The number of nitrogens with zero attached hydrogens (tertiary/aromatic N) is 4. The largest absolute Gasteiger partial charge is 0.309 e. The third kappa shape index (κ3) is 4.72. The van der Waals surface area contributed by atoms with Crippen LogP contribution in [0.1, 0.15) is 25.0 Å². The van der Waals surface area contributed by atoms with Gasteiger partial charge in [0.1, 0.15) is 0 Å². The number of hydrogen-bond donors (Lipinski definition) is 0. The number of aromatic nitrogens is 4. The van der Waals surface area contributed by atoms with Crippen molar-refractivity contribution in [2.45, 2.75) is 19.3 Å². The highest BCUT2D eigenvalue weighted by Crippen LogP contribution is 2.54. The summed E-state index contributed by atoms with van der Waals surface area (Å²) in [4.78, 5) is 14.8. The van der Waals surface area contributed by atoms with Crippen LogP contribution in [0.2, 0.25) is 0 Å². The normalized spacial score (nSPS) is 13.0. The molecule has 0 bridgehead atoms. The first kappa shape index (κ1) is 30.2. The molecular weight excluding hydrogens is 633 g/mol. The van der Waals surface area contributed by atoms with Crippen molar-refractivity contribution in [1.29, 1.82) is 0 Å². The lowest BCUT2D eigenvalue weighted by atomic mass is 9.78. The summed E-state index contributed by atoms with van der Waals surface area (Å²) in [7, 11) is 0. The topological polar surface area (TPSA) is 43.6 Å². The fraction of sp³-hybridized carbons (Fsp3) is 0.0625. The summed E-state index contributed by atoms with van der Waals surface area (Å²) in [6, 6.07) is 60.1. The second kappa shape index (κ2) is 11.7. The van der Waals surface area contributed by atoms with Gasteiger partial charge < -0.3 is 4.57 Å². The molecule has 2 aromatic heterocycles. The summed E-state index contributed by atoms with van der Waals surface area (Å²) in [5, 5.41) is 2.56. The lowest BCUT2D eigenvalue weighted by Gasteiger charge is -2.24. The van der Waals surface area contributed by atoms with Crippen molar-refractivity contribution in [1.82, 2.24) is 19.5 Å². The number of hydrogen-bond acceptors (Lipinski definition) is 3. The van der Waals surface area contributed by atoms with Gasteiger partial charge >= 0.3 is 0 Å². The zero-order chi connectivity index (χ0) is 34.8. The summed E-state index contributed by atoms with van der Waals surface area (Å²) in [5.41, 5.74) is 14.0. The van der Waals surface area contributed by atoms with Crippen LogP contribution in [0.15, 0.2) is 170 Å². The van der Waals surface area contributed by atoms with Crippen molar-refractivity contribution in [3.63, 3.8) is 0 Å². The molecule has 0 N–H and O–H groups in total. The van der Waals surface area contributed by atoms with Gasteiger partial charge in [0.25, 0.3) is 0 Å². The molecular formula is C48H34N4. The summed E-state index contributed by atoms with van der Waals surface area (Å²) in [5.74, 6) is 1.98. The molecule has 4 heteroatoms. The highest BCUT2D eigenvalue weighted by atomic mass is 15.0. The SMILES string of the molecule is CC1(C)c2cc3c4ccccc4n(-c4ccccc4)c3cc2-c2cccc(-c3ccc(-c4nc(-c5ccccc5)nc(-c5ccccc5)n4)cc3)c21. The van der Waals surface area contributed by atoms with E-state index in [9.17, 15) is 0 Å². The average Bonchev–Trinajstić information content (AvgIpc) is 3.65. The van der Waals surface area contributed by atoms with Gasteiger partial charge in [0.2, 0.25) is 0 Å². The van der Waals surface area contributed by atoms with E-state index in [1.807, 2.05) is 60.7 Å². The quantitative estimate of drug-likeness (QED) is 0.184. The van der Waals surface area contributed by atoms with Gasteiger partial charge in [-0.25, -0.2) is 15.0 Å². The number of benzene rings is 7. The van der Waals surface area contributed by atoms with E-state index in [2.05, 4.69) is 128 Å². The number of para-hydroxylation sites is 2. The summed E-state index contributed by atoms with van der Waals surface area (Å²) < 4.78 is 2.41. The molecule has 0 fully saturated rings. The van der Waals surface area contributed by atoms with Crippen molar-refractivity contribution in [2.75, 3.05) is 0 Å². The van der Waals surface area contributed by atoms with Gasteiger partial charge in [0.15, 0.2) is 17.5 Å². The second-order valence-electron chi connectivity index (χ2n) is 14.1. The first-order chi connectivity index (χ1) is 25.5. The second-order valence-corrected chi connectivity index (χ2v) is 14.1. The predicted octanol–water partition coefficient (Wildman–Crippen LogP) is 11.9. The van der Waals surface area contributed by atoms with E-state index in [1.54, 1.807) is 0 Å². The Bertz CT molecular complexity index is 2720. The minimum Gasteiger partial charge on any atom is -0.309 e. The van der Waals surface area contributed by atoms with E-state index in [4.69, 9.17) is 15.0 Å². The zero-order valence-corrected chi connectivity index (χ0v) is 29.0. The predicted molar refractivity (Wildman–Crippen MR) is 213 cm³/mol. The van der Waals surface area contributed by atoms with E-state index < -0.39 is 0 Å². The maximum atomic E-state index is 4.96. The van der Waals surface area contributed by atoms with Crippen LogP contribution in [0.25, 0.3) is 83.9 Å². The van der Waals surface area contributed by atoms with Crippen LogP contribution < -0.4 is 0 Å². The fourth-order valence-corrected chi connectivity index (χ4v) is 8.17. The molecule has 4 nitrogen and oxygen atoms in total. The Labute approximate surface area is 302 Å². The Balaban J connectivity index is 1.09. The molecule has 52 heavy (non-hydrogen) atoms. The Morgan fingerprint density at radius 2 is 0.923 bits per heavy atom. The number of rotatable bonds is 5. The van der Waals surface area contributed by atoms with E-state index in [1.165, 1.54) is 60.9 Å². The summed E-state index contributed by atoms with van der Waals surface area (Å²) in [6.45, 7) is 4.75. The molecule has 10 rings (SSSR count). The zero-order valence-electron chi connectivity index (χ0n) is 29.0. The van der Waals surface area contributed by atoms with Crippen molar-refractivity contribution >= 4 is 21.8 Å². The van der Waals surface area contributed by atoms with Crippen molar-refractivity contribution in [3.05, 3.63) is 181 Å². The fourth-order valence-electron chi connectivity index (χ4n) is 8.17. The van der Waals surface area contributed by atoms with Gasteiger partial charge in [-0.2, -0.15) is 0 Å². The highest BCUT2D eigenvalue weighted by Gasteiger charge is 2.38. The Morgan fingerprint density at radius 1 is 0.404 bits per heavy atom. The molecule has 246 valence electrons. The van der Waals surface area contributed by atoms with Crippen LogP contribution in [0.5, 0.6) is 0 Å². The molecule has 1 aliphatic rings. The maximum absolute atomic E-state index is 4.96. The van der Waals surface area contributed by atoms with Gasteiger partial charge in [0, 0.05) is 38.6 Å². The molecule has 0 spiro atoms. The van der Waals surface area contributed by atoms with E-state index >= 15 is 0 Å². The number of fused-ring (bicyclic) bond motifs is 6. The van der Waals surface area contributed by atoms with Gasteiger partial charge in [-0.1, -0.05) is 153 Å². The molecule has 9 aromatic rings. The Hall–Kier alpha value is -6.65. The lowest BCUT2D eigenvalue weighted by Crippen LogP contribution is -2.16. The average molecular weight is 667 g/mol. The molecule has 0 unspecified atom stereocenters.